The summed E-state index contributed by atoms with van der Waals surface area (Å²) >= 11 is 0. The van der Waals surface area contributed by atoms with Gasteiger partial charge < -0.3 is 15.1 Å². The van der Waals surface area contributed by atoms with Crippen LogP contribution >= 0.6 is 0 Å². The maximum absolute atomic E-state index is 12.3. The highest BCUT2D eigenvalue weighted by molar-refractivity contribution is 5.78. The van der Waals surface area contributed by atoms with Crippen LogP contribution in [0.1, 0.15) is 37.2 Å². The average Bonchev–Trinajstić information content (AvgIpc) is 2.55. The molecule has 0 heterocycles. The molecule has 1 saturated carbocycles. The Bertz CT molecular complexity index is 441. The molecule has 4 nitrogen and oxygen atoms in total. The van der Waals surface area contributed by atoms with Gasteiger partial charge in [0.25, 0.3) is 0 Å². The van der Waals surface area contributed by atoms with Crippen LogP contribution in [0.25, 0.3) is 0 Å². The average molecular weight is 291 g/mol. The fourth-order valence-corrected chi connectivity index (χ4v) is 3.17. The highest BCUT2D eigenvalue weighted by Crippen LogP contribution is 2.36. The first kappa shape index (κ1) is 16.0. The van der Waals surface area contributed by atoms with Gasteiger partial charge in [-0.2, -0.15) is 0 Å². The molecule has 0 spiro atoms. The third-order valence-electron chi connectivity index (χ3n) is 4.42. The molecule has 0 radical (unpaired) electrons. The topological polar surface area (TPSA) is 60.8 Å². The zero-order valence-electron chi connectivity index (χ0n) is 12.6. The van der Waals surface area contributed by atoms with Crippen molar-refractivity contribution in [2.45, 2.75) is 37.7 Å². The van der Waals surface area contributed by atoms with E-state index < -0.39 is 6.10 Å². The summed E-state index contributed by atoms with van der Waals surface area (Å²) in [6.45, 7) is -0.105. The van der Waals surface area contributed by atoms with Gasteiger partial charge in [-0.25, -0.2) is 0 Å². The first-order chi connectivity index (χ1) is 10.1. The number of carbonyl (C=O) groups excluding carboxylic acids is 1. The first-order valence-corrected chi connectivity index (χ1v) is 7.70. The molecule has 1 aromatic rings. The van der Waals surface area contributed by atoms with Gasteiger partial charge in [0.2, 0.25) is 5.91 Å². The Morgan fingerprint density at radius 2 is 1.86 bits per heavy atom. The predicted octanol–water partition coefficient (Wildman–Crippen LogP) is 1.77. The summed E-state index contributed by atoms with van der Waals surface area (Å²) < 4.78 is 0. The van der Waals surface area contributed by atoms with Crippen molar-refractivity contribution < 1.29 is 15.0 Å². The van der Waals surface area contributed by atoms with Crippen LogP contribution < -0.4 is 0 Å². The number of aliphatic hydroxyl groups excluding tert-OH is 2. The molecular formula is C17H25NO3. The van der Waals surface area contributed by atoms with E-state index in [1.165, 1.54) is 5.56 Å². The second-order valence-electron chi connectivity index (χ2n) is 6.01. The molecule has 2 N–H and O–H groups in total. The van der Waals surface area contributed by atoms with E-state index >= 15 is 0 Å². The van der Waals surface area contributed by atoms with E-state index in [-0.39, 0.29) is 25.0 Å². The van der Waals surface area contributed by atoms with Crippen molar-refractivity contribution in [1.29, 1.82) is 0 Å². The van der Waals surface area contributed by atoms with Crippen molar-refractivity contribution in [3.8, 4) is 0 Å². The van der Waals surface area contributed by atoms with Crippen molar-refractivity contribution in [1.82, 2.24) is 4.90 Å². The second kappa shape index (κ2) is 7.57. The van der Waals surface area contributed by atoms with E-state index in [2.05, 4.69) is 24.3 Å². The Hall–Kier alpha value is -1.39. The summed E-state index contributed by atoms with van der Waals surface area (Å²) in [7, 11) is 1.70. The molecule has 0 saturated heterocycles. The fourth-order valence-electron chi connectivity index (χ4n) is 3.17. The quantitative estimate of drug-likeness (QED) is 0.869. The minimum Gasteiger partial charge on any atom is -0.394 e. The van der Waals surface area contributed by atoms with Crippen molar-refractivity contribution in [2.75, 3.05) is 20.2 Å². The molecule has 0 aromatic heterocycles. The van der Waals surface area contributed by atoms with E-state index in [1.807, 2.05) is 6.07 Å². The van der Waals surface area contributed by atoms with Crippen molar-refractivity contribution in [3.63, 3.8) is 0 Å². The number of aliphatic hydroxyl groups is 2. The van der Waals surface area contributed by atoms with E-state index in [4.69, 9.17) is 5.11 Å². The van der Waals surface area contributed by atoms with Gasteiger partial charge in [-0.05, 0) is 37.2 Å². The van der Waals surface area contributed by atoms with E-state index in [1.54, 1.807) is 11.9 Å². The van der Waals surface area contributed by atoms with Crippen LogP contribution in [0, 0.1) is 5.92 Å². The molecule has 21 heavy (non-hydrogen) atoms. The van der Waals surface area contributed by atoms with Crippen LogP contribution in [-0.2, 0) is 4.79 Å². The van der Waals surface area contributed by atoms with Gasteiger partial charge in [0.1, 0.15) is 0 Å². The number of rotatable bonds is 5. The smallest absolute Gasteiger partial charge is 0.225 e. The Morgan fingerprint density at radius 1 is 1.24 bits per heavy atom. The van der Waals surface area contributed by atoms with Crippen LogP contribution in [0.4, 0.5) is 0 Å². The van der Waals surface area contributed by atoms with Crippen LogP contribution in [-0.4, -0.2) is 47.3 Å². The maximum atomic E-state index is 12.3. The minimum atomic E-state index is -0.848. The predicted molar refractivity (Wildman–Crippen MR) is 81.9 cm³/mol. The molecule has 1 amide bonds. The first-order valence-electron chi connectivity index (χ1n) is 7.70. The Kier molecular flexibility index (Phi) is 5.76. The number of amides is 1. The number of carbonyl (C=O) groups is 1. The number of hydrogen-bond donors (Lipinski definition) is 2. The lowest BCUT2D eigenvalue weighted by molar-refractivity contribution is -0.136. The lowest BCUT2D eigenvalue weighted by atomic mass is 9.78. The molecule has 4 heteroatoms. The van der Waals surface area contributed by atoms with Gasteiger partial charge in [0.05, 0.1) is 12.7 Å². The highest BCUT2D eigenvalue weighted by Gasteiger charge is 2.29. The van der Waals surface area contributed by atoms with Crippen LogP contribution in [0.15, 0.2) is 30.3 Å². The maximum Gasteiger partial charge on any atom is 0.225 e. The molecule has 1 aliphatic rings. The third kappa shape index (κ3) is 4.29. The van der Waals surface area contributed by atoms with Gasteiger partial charge in [-0.1, -0.05) is 30.3 Å². The molecule has 1 aliphatic carbocycles. The summed E-state index contributed by atoms with van der Waals surface area (Å²) in [6.07, 6.45) is 3.03. The van der Waals surface area contributed by atoms with Crippen molar-refractivity contribution in [2.24, 2.45) is 5.92 Å². The Morgan fingerprint density at radius 3 is 2.43 bits per heavy atom. The summed E-state index contributed by atoms with van der Waals surface area (Å²) in [4.78, 5) is 13.9. The lowest BCUT2D eigenvalue weighted by Crippen LogP contribution is -2.40. The van der Waals surface area contributed by atoms with Gasteiger partial charge in [-0.3, -0.25) is 4.79 Å². The van der Waals surface area contributed by atoms with E-state index in [0.717, 1.165) is 25.7 Å². The normalized spacial score (nSPS) is 23.6. The fraction of sp³-hybridized carbons (Fsp3) is 0.588. The summed E-state index contributed by atoms with van der Waals surface area (Å²) in [5, 5.41) is 18.3. The largest absolute Gasteiger partial charge is 0.394 e. The third-order valence-corrected chi connectivity index (χ3v) is 4.42. The SMILES string of the molecule is CN(C[C@H](O)CO)C(=O)C1CCC(c2ccccc2)CC1. The molecule has 1 aromatic carbocycles. The Balaban J connectivity index is 1.84. The molecule has 2 rings (SSSR count). The standard InChI is InChI=1S/C17H25NO3/c1-18(11-16(20)12-19)17(21)15-9-7-14(8-10-15)13-5-3-2-4-6-13/h2-6,14-16,19-20H,7-12H2,1H3/t14?,15?,16-/m0/s1. The van der Waals surface area contributed by atoms with Crippen LogP contribution in [0.5, 0.6) is 0 Å². The van der Waals surface area contributed by atoms with Gasteiger partial charge in [0, 0.05) is 19.5 Å². The lowest BCUT2D eigenvalue weighted by Gasteiger charge is -2.31. The minimum absolute atomic E-state index is 0.0563. The summed E-state index contributed by atoms with van der Waals surface area (Å²) in [5.41, 5.74) is 1.37. The van der Waals surface area contributed by atoms with Crippen LogP contribution in [0.2, 0.25) is 0 Å². The van der Waals surface area contributed by atoms with Crippen LogP contribution in [0.3, 0.4) is 0 Å². The molecule has 0 aliphatic heterocycles. The van der Waals surface area contributed by atoms with Crippen molar-refractivity contribution in [3.05, 3.63) is 35.9 Å². The zero-order valence-corrected chi connectivity index (χ0v) is 12.6. The van der Waals surface area contributed by atoms with E-state index in [9.17, 15) is 9.90 Å². The molecular weight excluding hydrogens is 266 g/mol. The molecule has 0 bridgehead atoms. The molecule has 1 atom stereocenters. The molecule has 116 valence electrons. The summed E-state index contributed by atoms with van der Waals surface area (Å²) in [6, 6.07) is 10.5. The van der Waals surface area contributed by atoms with E-state index in [0.29, 0.717) is 5.92 Å². The number of benzene rings is 1. The number of likely N-dealkylation sites (N-methyl/N-ethyl adjacent to an activating group) is 1. The molecule has 0 unspecified atom stereocenters. The summed E-state index contributed by atoms with van der Waals surface area (Å²) in [5.74, 6) is 0.707. The Labute approximate surface area is 126 Å². The zero-order chi connectivity index (χ0) is 15.2. The number of nitrogens with zero attached hydrogens (tertiary/aromatic N) is 1. The monoisotopic (exact) mass is 291 g/mol. The number of hydrogen-bond acceptors (Lipinski definition) is 3. The van der Waals surface area contributed by atoms with Gasteiger partial charge >= 0.3 is 0 Å². The van der Waals surface area contributed by atoms with Crippen molar-refractivity contribution >= 4 is 5.91 Å². The molecule has 1 fully saturated rings. The van der Waals surface area contributed by atoms with Gasteiger partial charge in [0.15, 0.2) is 0 Å². The van der Waals surface area contributed by atoms with Gasteiger partial charge in [-0.15, -0.1) is 0 Å². The highest BCUT2D eigenvalue weighted by atomic mass is 16.3. The second-order valence-corrected chi connectivity index (χ2v) is 6.01.